The highest BCUT2D eigenvalue weighted by molar-refractivity contribution is 6.28. The number of halogens is 1. The van der Waals surface area contributed by atoms with Crippen LogP contribution in [0, 0.1) is 13.8 Å². The van der Waals surface area contributed by atoms with Crippen molar-refractivity contribution in [3.8, 4) is 11.5 Å². The fraction of sp³-hybridized carbons (Fsp3) is 0.250. The van der Waals surface area contributed by atoms with Crippen LogP contribution in [-0.4, -0.2) is 20.3 Å². The summed E-state index contributed by atoms with van der Waals surface area (Å²) < 4.78 is 4.93. The van der Waals surface area contributed by atoms with Gasteiger partial charge in [0.1, 0.15) is 0 Å². The molecular weight excluding hydrogens is 204 g/mol. The zero-order valence-corrected chi connectivity index (χ0v) is 8.41. The summed E-state index contributed by atoms with van der Waals surface area (Å²) in [5.41, 5.74) is 2.28. The first-order valence-corrected chi connectivity index (χ1v) is 4.35. The third kappa shape index (κ3) is 1.58. The SMILES string of the molecule is Cc1cc(-c2nc(Cl)no2)c(C)nn1. The van der Waals surface area contributed by atoms with Gasteiger partial charge < -0.3 is 4.52 Å². The Morgan fingerprint density at radius 1 is 1.29 bits per heavy atom. The normalized spacial score (nSPS) is 10.5. The highest BCUT2D eigenvalue weighted by Crippen LogP contribution is 2.21. The zero-order chi connectivity index (χ0) is 10.1. The van der Waals surface area contributed by atoms with Gasteiger partial charge in [0, 0.05) is 0 Å². The zero-order valence-electron chi connectivity index (χ0n) is 7.65. The van der Waals surface area contributed by atoms with Crippen LogP contribution in [0.3, 0.4) is 0 Å². The molecule has 2 heterocycles. The average molecular weight is 211 g/mol. The highest BCUT2D eigenvalue weighted by atomic mass is 35.5. The second-order valence-corrected chi connectivity index (χ2v) is 3.19. The Hall–Kier alpha value is -1.49. The number of rotatable bonds is 1. The lowest BCUT2D eigenvalue weighted by atomic mass is 10.2. The Morgan fingerprint density at radius 2 is 2.07 bits per heavy atom. The topological polar surface area (TPSA) is 64.7 Å². The van der Waals surface area contributed by atoms with E-state index in [1.165, 1.54) is 0 Å². The van der Waals surface area contributed by atoms with E-state index < -0.39 is 0 Å². The molecule has 0 saturated heterocycles. The van der Waals surface area contributed by atoms with Crippen LogP contribution in [-0.2, 0) is 0 Å². The summed E-state index contributed by atoms with van der Waals surface area (Å²) in [6.07, 6.45) is 0. The van der Waals surface area contributed by atoms with Crippen molar-refractivity contribution in [2.75, 3.05) is 0 Å². The van der Waals surface area contributed by atoms with E-state index in [-0.39, 0.29) is 5.28 Å². The van der Waals surface area contributed by atoms with Gasteiger partial charge in [-0.15, -0.1) is 0 Å². The molecule has 72 valence electrons. The maximum Gasteiger partial charge on any atom is 0.264 e. The molecule has 0 amide bonds. The van der Waals surface area contributed by atoms with Gasteiger partial charge in [-0.3, -0.25) is 0 Å². The second kappa shape index (κ2) is 3.34. The van der Waals surface area contributed by atoms with Gasteiger partial charge in [0.15, 0.2) is 0 Å². The Kier molecular flexibility index (Phi) is 2.17. The molecule has 0 aliphatic heterocycles. The molecule has 0 aromatic carbocycles. The summed E-state index contributed by atoms with van der Waals surface area (Å²) in [6.45, 7) is 3.66. The lowest BCUT2D eigenvalue weighted by molar-refractivity contribution is 0.430. The van der Waals surface area contributed by atoms with E-state index in [1.54, 1.807) is 0 Å². The van der Waals surface area contributed by atoms with E-state index in [1.807, 2.05) is 19.9 Å². The van der Waals surface area contributed by atoms with E-state index in [9.17, 15) is 0 Å². The van der Waals surface area contributed by atoms with Gasteiger partial charge in [0.25, 0.3) is 11.2 Å². The molecule has 5 nitrogen and oxygen atoms in total. The van der Waals surface area contributed by atoms with Gasteiger partial charge in [-0.2, -0.15) is 15.2 Å². The number of aromatic nitrogens is 4. The third-order valence-corrected chi connectivity index (χ3v) is 1.89. The van der Waals surface area contributed by atoms with E-state index in [0.29, 0.717) is 5.89 Å². The first kappa shape index (κ1) is 9.08. The Labute approximate surface area is 85.1 Å². The van der Waals surface area contributed by atoms with Crippen LogP contribution in [0.15, 0.2) is 10.6 Å². The van der Waals surface area contributed by atoms with Gasteiger partial charge in [-0.05, 0) is 36.7 Å². The molecule has 0 N–H and O–H groups in total. The summed E-state index contributed by atoms with van der Waals surface area (Å²) in [6, 6.07) is 1.83. The molecule has 0 saturated carbocycles. The van der Waals surface area contributed by atoms with Gasteiger partial charge >= 0.3 is 0 Å². The van der Waals surface area contributed by atoms with Gasteiger partial charge in [-0.25, -0.2) is 0 Å². The smallest absolute Gasteiger partial charge is 0.264 e. The molecule has 0 aliphatic rings. The van der Waals surface area contributed by atoms with Gasteiger partial charge in [-0.1, -0.05) is 0 Å². The Balaban J connectivity index is 2.55. The average Bonchev–Trinajstić information content (AvgIpc) is 2.56. The van der Waals surface area contributed by atoms with Crippen LogP contribution >= 0.6 is 11.6 Å². The molecular formula is C8H7ClN4O. The first-order valence-electron chi connectivity index (χ1n) is 3.97. The van der Waals surface area contributed by atoms with Crippen LogP contribution < -0.4 is 0 Å². The fourth-order valence-electron chi connectivity index (χ4n) is 1.08. The predicted molar refractivity (Wildman–Crippen MR) is 49.8 cm³/mol. The van der Waals surface area contributed by atoms with E-state index in [0.717, 1.165) is 17.0 Å². The standard InChI is InChI=1S/C8H7ClN4O/c1-4-3-6(5(2)12-11-4)7-10-8(9)13-14-7/h3H,1-2H3. The monoisotopic (exact) mass is 210 g/mol. The van der Waals surface area contributed by atoms with Crippen molar-refractivity contribution in [2.24, 2.45) is 0 Å². The van der Waals surface area contributed by atoms with E-state index >= 15 is 0 Å². The van der Waals surface area contributed by atoms with Crippen LogP contribution in [0.2, 0.25) is 5.28 Å². The van der Waals surface area contributed by atoms with Crippen LogP contribution in [0.25, 0.3) is 11.5 Å². The van der Waals surface area contributed by atoms with Crippen molar-refractivity contribution < 1.29 is 4.52 Å². The van der Waals surface area contributed by atoms with Gasteiger partial charge in [0.2, 0.25) is 0 Å². The summed E-state index contributed by atoms with van der Waals surface area (Å²) in [5, 5.41) is 11.4. The predicted octanol–water partition coefficient (Wildman–Crippen LogP) is 1.80. The van der Waals surface area contributed by atoms with Crippen LogP contribution in [0.4, 0.5) is 0 Å². The van der Waals surface area contributed by atoms with Crippen molar-refractivity contribution in [2.45, 2.75) is 13.8 Å². The quantitative estimate of drug-likeness (QED) is 0.718. The molecule has 0 bridgehead atoms. The third-order valence-electron chi connectivity index (χ3n) is 1.73. The maximum atomic E-state index is 5.55. The van der Waals surface area contributed by atoms with Crippen molar-refractivity contribution in [3.05, 3.63) is 22.7 Å². The summed E-state index contributed by atoms with van der Waals surface area (Å²) in [4.78, 5) is 3.90. The van der Waals surface area contributed by atoms with Crippen molar-refractivity contribution in [3.63, 3.8) is 0 Å². The van der Waals surface area contributed by atoms with Crippen LogP contribution in [0.5, 0.6) is 0 Å². The maximum absolute atomic E-state index is 5.55. The van der Waals surface area contributed by atoms with Crippen LogP contribution in [0.1, 0.15) is 11.4 Å². The molecule has 2 rings (SSSR count). The minimum atomic E-state index is 0.0915. The largest absolute Gasteiger partial charge is 0.333 e. The van der Waals surface area contributed by atoms with Gasteiger partial charge in [0.05, 0.1) is 17.0 Å². The second-order valence-electron chi connectivity index (χ2n) is 2.85. The molecule has 2 aromatic heterocycles. The summed E-state index contributed by atoms with van der Waals surface area (Å²) in [5.74, 6) is 0.366. The van der Waals surface area contributed by atoms with Crippen molar-refractivity contribution in [1.82, 2.24) is 20.3 Å². The molecule has 0 unspecified atom stereocenters. The Morgan fingerprint density at radius 3 is 2.71 bits per heavy atom. The molecule has 2 aromatic rings. The lowest BCUT2D eigenvalue weighted by Crippen LogP contribution is -1.93. The Bertz CT molecular complexity index is 468. The lowest BCUT2D eigenvalue weighted by Gasteiger charge is -1.98. The number of aryl methyl sites for hydroxylation is 2. The summed E-state index contributed by atoms with van der Waals surface area (Å²) >= 11 is 5.55. The van der Waals surface area contributed by atoms with Crippen molar-refractivity contribution >= 4 is 11.6 Å². The minimum Gasteiger partial charge on any atom is -0.333 e. The molecule has 6 heteroatoms. The fourth-order valence-corrected chi connectivity index (χ4v) is 1.19. The molecule has 0 aliphatic carbocycles. The minimum absolute atomic E-state index is 0.0915. The summed E-state index contributed by atoms with van der Waals surface area (Å²) in [7, 11) is 0. The molecule has 0 spiro atoms. The van der Waals surface area contributed by atoms with E-state index in [2.05, 4.69) is 20.3 Å². The number of hydrogen-bond acceptors (Lipinski definition) is 5. The first-order chi connectivity index (χ1) is 6.66. The molecule has 14 heavy (non-hydrogen) atoms. The molecule has 0 atom stereocenters. The number of nitrogens with zero attached hydrogens (tertiary/aromatic N) is 4. The molecule has 0 radical (unpaired) electrons. The van der Waals surface area contributed by atoms with E-state index in [4.69, 9.17) is 16.1 Å². The highest BCUT2D eigenvalue weighted by Gasteiger charge is 2.11. The number of hydrogen-bond donors (Lipinski definition) is 0. The van der Waals surface area contributed by atoms with Crippen molar-refractivity contribution in [1.29, 1.82) is 0 Å². The molecule has 0 fully saturated rings.